The number of esters is 1. The molecule has 2 unspecified atom stereocenters. The third-order valence-corrected chi connectivity index (χ3v) is 16.8. The van der Waals surface area contributed by atoms with Crippen LogP contribution in [0.15, 0.2) is 12.2 Å². The van der Waals surface area contributed by atoms with Gasteiger partial charge in [-0.1, -0.05) is 353 Å². The van der Waals surface area contributed by atoms with E-state index in [1.165, 1.54) is 327 Å². The number of hydrogen-bond acceptors (Lipinski definition) is 5. The monoisotopic (exact) mass is 1090 g/mol. The Hall–Kier alpha value is -1.40. The molecule has 0 aliphatic rings. The standard InChI is InChI=1S/C71H139NO5/c1-3-5-7-9-11-13-15-17-19-31-35-39-43-47-51-55-59-63-69(74)68(67-73)72-70(75)64-60-56-52-48-44-40-36-33-29-27-25-23-21-22-24-26-28-30-34-38-42-46-50-54-58-62-66-77-71(76)65-61-57-53-49-45-41-37-32-20-18-16-14-12-10-8-6-4-2/h18,20,68-69,73-74H,3-17,19,21-67H2,1-2H3,(H,72,75)/b20-18-. The van der Waals surface area contributed by atoms with E-state index in [-0.39, 0.29) is 18.5 Å². The number of nitrogens with one attached hydrogen (secondary N) is 1. The SMILES string of the molecule is CCCCCCCC/C=C\CCCCCCCCCC(=O)OCCCCCCCCCCCCCCCCCCCCCCCCCCCCC(=O)NC(CO)C(O)CCCCCCCCCCCCCCCCCCC. The second-order valence-corrected chi connectivity index (χ2v) is 24.6. The lowest BCUT2D eigenvalue weighted by Crippen LogP contribution is -2.45. The van der Waals surface area contributed by atoms with Crippen LogP contribution in [-0.4, -0.2) is 47.4 Å². The number of aliphatic hydroxyl groups is 2. The average Bonchev–Trinajstić information content (AvgIpc) is 3.43. The van der Waals surface area contributed by atoms with Crippen LogP contribution in [0.5, 0.6) is 0 Å². The van der Waals surface area contributed by atoms with E-state index < -0.39 is 12.1 Å². The van der Waals surface area contributed by atoms with Gasteiger partial charge in [0, 0.05) is 12.8 Å². The molecule has 3 N–H and O–H groups in total. The van der Waals surface area contributed by atoms with Gasteiger partial charge in [0.2, 0.25) is 5.91 Å². The van der Waals surface area contributed by atoms with Crippen molar-refractivity contribution in [3.8, 4) is 0 Å². The molecular formula is C71H139NO5. The molecule has 1 amide bonds. The van der Waals surface area contributed by atoms with E-state index in [4.69, 9.17) is 4.74 Å². The number of aliphatic hydroxyl groups excluding tert-OH is 2. The Morgan fingerprint density at radius 3 is 0.922 bits per heavy atom. The molecule has 0 fully saturated rings. The van der Waals surface area contributed by atoms with Crippen molar-refractivity contribution < 1.29 is 24.5 Å². The van der Waals surface area contributed by atoms with Gasteiger partial charge in [0.25, 0.3) is 0 Å². The summed E-state index contributed by atoms with van der Waals surface area (Å²) in [6.45, 7) is 4.99. The quantitative estimate of drug-likeness (QED) is 0.0320. The summed E-state index contributed by atoms with van der Waals surface area (Å²) in [4.78, 5) is 24.6. The second kappa shape index (κ2) is 67.1. The minimum absolute atomic E-state index is 0.0150. The molecule has 6 heteroatoms. The van der Waals surface area contributed by atoms with Gasteiger partial charge >= 0.3 is 5.97 Å². The first-order valence-corrected chi connectivity index (χ1v) is 35.4. The first-order chi connectivity index (χ1) is 38.0. The van der Waals surface area contributed by atoms with Crippen LogP contribution < -0.4 is 5.32 Å². The van der Waals surface area contributed by atoms with Crippen molar-refractivity contribution in [1.29, 1.82) is 0 Å². The molecule has 0 heterocycles. The van der Waals surface area contributed by atoms with Crippen molar-refractivity contribution in [2.75, 3.05) is 13.2 Å². The van der Waals surface area contributed by atoms with E-state index in [9.17, 15) is 19.8 Å². The number of rotatable bonds is 67. The summed E-state index contributed by atoms with van der Waals surface area (Å²) in [7, 11) is 0. The summed E-state index contributed by atoms with van der Waals surface area (Å²) in [5.74, 6) is -0.0137. The highest BCUT2D eigenvalue weighted by Gasteiger charge is 2.20. The fraction of sp³-hybridized carbons (Fsp3) is 0.944. The van der Waals surface area contributed by atoms with Gasteiger partial charge in [0.05, 0.1) is 25.4 Å². The predicted octanol–water partition coefficient (Wildman–Crippen LogP) is 22.8. The molecule has 0 radical (unpaired) electrons. The Morgan fingerprint density at radius 2 is 0.610 bits per heavy atom. The summed E-state index contributed by atoms with van der Waals surface area (Å²) in [5, 5.41) is 23.4. The maximum atomic E-state index is 12.5. The fourth-order valence-electron chi connectivity index (χ4n) is 11.4. The van der Waals surface area contributed by atoms with E-state index >= 15 is 0 Å². The van der Waals surface area contributed by atoms with E-state index in [1.807, 2.05) is 0 Å². The van der Waals surface area contributed by atoms with Gasteiger partial charge in [-0.2, -0.15) is 0 Å². The van der Waals surface area contributed by atoms with Gasteiger partial charge in [-0.3, -0.25) is 9.59 Å². The Balaban J connectivity index is 3.34. The van der Waals surface area contributed by atoms with Crippen molar-refractivity contribution in [3.05, 3.63) is 12.2 Å². The third kappa shape index (κ3) is 63.6. The van der Waals surface area contributed by atoms with Gasteiger partial charge in [0.15, 0.2) is 0 Å². The number of unbranched alkanes of at least 4 members (excludes halogenated alkanes) is 54. The molecule has 0 rings (SSSR count). The molecule has 0 aromatic heterocycles. The lowest BCUT2D eigenvalue weighted by atomic mass is 10.0. The van der Waals surface area contributed by atoms with E-state index in [0.717, 1.165) is 44.9 Å². The topological polar surface area (TPSA) is 95.9 Å². The maximum Gasteiger partial charge on any atom is 0.305 e. The van der Waals surface area contributed by atoms with Crippen LogP contribution in [0.2, 0.25) is 0 Å². The Kier molecular flexibility index (Phi) is 65.9. The second-order valence-electron chi connectivity index (χ2n) is 24.6. The lowest BCUT2D eigenvalue weighted by Gasteiger charge is -2.22. The van der Waals surface area contributed by atoms with Crippen LogP contribution in [0.1, 0.15) is 406 Å². The number of amides is 1. The predicted molar refractivity (Wildman–Crippen MR) is 338 cm³/mol. The maximum absolute atomic E-state index is 12.5. The molecule has 2 atom stereocenters. The fourth-order valence-corrected chi connectivity index (χ4v) is 11.4. The first kappa shape index (κ1) is 75.6. The van der Waals surface area contributed by atoms with Gasteiger partial charge in [-0.15, -0.1) is 0 Å². The zero-order valence-electron chi connectivity index (χ0n) is 52.5. The molecule has 77 heavy (non-hydrogen) atoms. The number of carbonyl (C=O) groups excluding carboxylic acids is 2. The molecule has 458 valence electrons. The molecule has 0 aromatic rings. The number of carbonyl (C=O) groups is 2. The Morgan fingerprint density at radius 1 is 0.351 bits per heavy atom. The van der Waals surface area contributed by atoms with Crippen molar-refractivity contribution in [2.45, 2.75) is 418 Å². The van der Waals surface area contributed by atoms with E-state index in [2.05, 4.69) is 31.3 Å². The Bertz CT molecular complexity index is 1160. The van der Waals surface area contributed by atoms with E-state index in [1.54, 1.807) is 0 Å². The molecule has 0 spiro atoms. The largest absolute Gasteiger partial charge is 0.466 e. The number of allylic oxidation sites excluding steroid dienone is 2. The van der Waals surface area contributed by atoms with Gasteiger partial charge < -0.3 is 20.3 Å². The van der Waals surface area contributed by atoms with Gasteiger partial charge in [-0.05, 0) is 51.4 Å². The van der Waals surface area contributed by atoms with Crippen LogP contribution in [0, 0.1) is 0 Å². The molecule has 6 nitrogen and oxygen atoms in total. The van der Waals surface area contributed by atoms with E-state index in [0.29, 0.717) is 25.9 Å². The molecule has 0 saturated heterocycles. The zero-order chi connectivity index (χ0) is 55.7. The first-order valence-electron chi connectivity index (χ1n) is 35.4. The molecule has 0 aliphatic heterocycles. The number of hydrogen-bond donors (Lipinski definition) is 3. The van der Waals surface area contributed by atoms with Crippen LogP contribution in [0.25, 0.3) is 0 Å². The van der Waals surface area contributed by atoms with Crippen LogP contribution in [-0.2, 0) is 14.3 Å². The molecular weight excluding hydrogens is 947 g/mol. The lowest BCUT2D eigenvalue weighted by molar-refractivity contribution is -0.143. The summed E-state index contributed by atoms with van der Waals surface area (Å²) in [5.41, 5.74) is 0. The third-order valence-electron chi connectivity index (χ3n) is 16.8. The highest BCUT2D eigenvalue weighted by atomic mass is 16.5. The minimum atomic E-state index is -0.662. The van der Waals surface area contributed by atoms with Crippen molar-refractivity contribution >= 4 is 11.9 Å². The van der Waals surface area contributed by atoms with Crippen molar-refractivity contribution in [2.24, 2.45) is 0 Å². The highest BCUT2D eigenvalue weighted by molar-refractivity contribution is 5.76. The van der Waals surface area contributed by atoms with Gasteiger partial charge in [0.1, 0.15) is 0 Å². The smallest absolute Gasteiger partial charge is 0.305 e. The average molecular weight is 1090 g/mol. The van der Waals surface area contributed by atoms with Gasteiger partial charge in [-0.25, -0.2) is 0 Å². The molecule has 0 aromatic carbocycles. The summed E-state index contributed by atoms with van der Waals surface area (Å²) >= 11 is 0. The normalized spacial score (nSPS) is 12.5. The molecule has 0 saturated carbocycles. The molecule has 0 bridgehead atoms. The highest BCUT2D eigenvalue weighted by Crippen LogP contribution is 2.19. The Labute approximate surface area is 482 Å². The zero-order valence-corrected chi connectivity index (χ0v) is 52.5. The molecule has 0 aliphatic carbocycles. The van der Waals surface area contributed by atoms with Crippen LogP contribution in [0.4, 0.5) is 0 Å². The van der Waals surface area contributed by atoms with Crippen LogP contribution >= 0.6 is 0 Å². The number of ether oxygens (including phenoxy) is 1. The van der Waals surface area contributed by atoms with Crippen molar-refractivity contribution in [1.82, 2.24) is 5.32 Å². The van der Waals surface area contributed by atoms with Crippen molar-refractivity contribution in [3.63, 3.8) is 0 Å². The summed E-state index contributed by atoms with van der Waals surface area (Å²) in [6.07, 6.45) is 82.6. The summed E-state index contributed by atoms with van der Waals surface area (Å²) < 4.78 is 5.50. The minimum Gasteiger partial charge on any atom is -0.466 e. The summed E-state index contributed by atoms with van der Waals surface area (Å²) in [6, 6.07) is -0.539. The van der Waals surface area contributed by atoms with Crippen LogP contribution in [0.3, 0.4) is 0 Å².